The fourth-order valence-corrected chi connectivity index (χ4v) is 1.91. The summed E-state index contributed by atoms with van der Waals surface area (Å²) in [5.74, 6) is -0.530. The van der Waals surface area contributed by atoms with Crippen molar-refractivity contribution in [2.24, 2.45) is 5.92 Å². The Morgan fingerprint density at radius 2 is 2.00 bits per heavy atom. The molecule has 0 saturated heterocycles. The van der Waals surface area contributed by atoms with Crippen molar-refractivity contribution in [2.75, 3.05) is 5.32 Å². The van der Waals surface area contributed by atoms with Crippen molar-refractivity contribution in [1.82, 2.24) is 0 Å². The minimum Gasteiger partial charge on any atom is -0.326 e. The molecular formula is C12H11F3N2O3. The summed E-state index contributed by atoms with van der Waals surface area (Å²) in [7, 11) is 0. The number of rotatable bonds is 3. The summed E-state index contributed by atoms with van der Waals surface area (Å²) < 4.78 is 38.2. The molecule has 5 nitrogen and oxygen atoms in total. The van der Waals surface area contributed by atoms with Gasteiger partial charge >= 0.3 is 6.18 Å². The highest BCUT2D eigenvalue weighted by atomic mass is 19.4. The van der Waals surface area contributed by atoms with Crippen LogP contribution >= 0.6 is 0 Å². The molecule has 0 aliphatic heterocycles. The van der Waals surface area contributed by atoms with Crippen molar-refractivity contribution >= 4 is 17.3 Å². The molecule has 1 amide bonds. The van der Waals surface area contributed by atoms with Gasteiger partial charge < -0.3 is 5.32 Å². The molecule has 0 unspecified atom stereocenters. The minimum atomic E-state index is -4.85. The third-order valence-corrected chi connectivity index (χ3v) is 3.24. The van der Waals surface area contributed by atoms with Gasteiger partial charge in [-0.15, -0.1) is 0 Å². The molecule has 1 aliphatic carbocycles. The van der Waals surface area contributed by atoms with Gasteiger partial charge in [0.05, 0.1) is 4.92 Å². The van der Waals surface area contributed by atoms with Crippen LogP contribution in [-0.2, 0) is 11.0 Å². The number of amides is 1. The van der Waals surface area contributed by atoms with Crippen molar-refractivity contribution in [3.63, 3.8) is 0 Å². The molecule has 0 bridgehead atoms. The van der Waals surface area contributed by atoms with E-state index >= 15 is 0 Å². The second-order valence-electron chi connectivity index (χ2n) is 4.60. The van der Waals surface area contributed by atoms with Gasteiger partial charge in [-0.25, -0.2) is 0 Å². The molecule has 1 saturated carbocycles. The first-order chi connectivity index (χ1) is 9.29. The molecule has 20 heavy (non-hydrogen) atoms. The van der Waals surface area contributed by atoms with Gasteiger partial charge in [-0.05, 0) is 25.0 Å². The standard InChI is InChI=1S/C12H11F3N2O3/c13-12(14,15)9-6-8(4-5-10(9)17(19)20)16-11(18)7-2-1-3-7/h4-7H,1-3H2,(H,16,18). The number of nitro groups is 1. The third-order valence-electron chi connectivity index (χ3n) is 3.24. The summed E-state index contributed by atoms with van der Waals surface area (Å²) in [6.45, 7) is 0. The molecule has 0 heterocycles. The molecule has 2 rings (SSSR count). The second kappa shape index (κ2) is 5.10. The SMILES string of the molecule is O=C(Nc1ccc([N+](=O)[O-])c(C(F)(F)F)c1)C1CCC1. The van der Waals surface area contributed by atoms with Gasteiger partial charge in [0.25, 0.3) is 5.69 Å². The number of carbonyl (C=O) groups is 1. The Balaban J connectivity index is 2.27. The zero-order chi connectivity index (χ0) is 14.9. The van der Waals surface area contributed by atoms with Crippen molar-refractivity contribution in [1.29, 1.82) is 0 Å². The zero-order valence-corrected chi connectivity index (χ0v) is 10.2. The number of alkyl halides is 3. The number of nitro benzene ring substituents is 1. The average molecular weight is 288 g/mol. The number of hydrogen-bond donors (Lipinski definition) is 1. The molecule has 0 atom stereocenters. The highest BCUT2D eigenvalue weighted by Gasteiger charge is 2.38. The van der Waals surface area contributed by atoms with Crippen LogP contribution < -0.4 is 5.32 Å². The van der Waals surface area contributed by atoms with E-state index in [-0.39, 0.29) is 17.5 Å². The summed E-state index contributed by atoms with van der Waals surface area (Å²) in [6, 6.07) is 2.44. The van der Waals surface area contributed by atoms with E-state index in [1.807, 2.05) is 0 Å². The van der Waals surface area contributed by atoms with Crippen LogP contribution in [0.2, 0.25) is 0 Å². The van der Waals surface area contributed by atoms with Crippen molar-refractivity contribution < 1.29 is 22.9 Å². The third kappa shape index (κ3) is 2.89. The lowest BCUT2D eigenvalue weighted by molar-refractivity contribution is -0.388. The van der Waals surface area contributed by atoms with Gasteiger partial charge in [0, 0.05) is 17.7 Å². The molecule has 1 fully saturated rings. The van der Waals surface area contributed by atoms with Gasteiger partial charge in [-0.1, -0.05) is 6.42 Å². The van der Waals surface area contributed by atoms with Crippen molar-refractivity contribution in [3.8, 4) is 0 Å². The van der Waals surface area contributed by atoms with Crippen LogP contribution in [0.1, 0.15) is 24.8 Å². The second-order valence-corrected chi connectivity index (χ2v) is 4.60. The number of hydrogen-bond acceptors (Lipinski definition) is 3. The lowest BCUT2D eigenvalue weighted by Crippen LogP contribution is -2.28. The highest BCUT2D eigenvalue weighted by Crippen LogP contribution is 2.38. The Bertz CT molecular complexity index is 553. The number of halogens is 3. The van der Waals surface area contributed by atoms with Gasteiger partial charge in [-0.3, -0.25) is 14.9 Å². The molecule has 1 aromatic rings. The number of benzene rings is 1. The average Bonchev–Trinajstić information content (AvgIpc) is 2.24. The topological polar surface area (TPSA) is 72.2 Å². The van der Waals surface area contributed by atoms with Crippen LogP contribution in [0.3, 0.4) is 0 Å². The Kier molecular flexibility index (Phi) is 3.65. The largest absolute Gasteiger partial charge is 0.423 e. The molecule has 108 valence electrons. The summed E-state index contributed by atoms with van der Waals surface area (Å²) >= 11 is 0. The maximum atomic E-state index is 12.7. The molecule has 1 N–H and O–H groups in total. The van der Waals surface area contributed by atoms with Crippen LogP contribution in [0.15, 0.2) is 18.2 Å². The van der Waals surface area contributed by atoms with E-state index in [1.165, 1.54) is 0 Å². The Hall–Kier alpha value is -2.12. The molecule has 0 radical (unpaired) electrons. The number of nitrogens with zero attached hydrogens (tertiary/aromatic N) is 1. The van der Waals surface area contributed by atoms with Crippen molar-refractivity contribution in [3.05, 3.63) is 33.9 Å². The van der Waals surface area contributed by atoms with E-state index < -0.39 is 22.4 Å². The highest BCUT2D eigenvalue weighted by molar-refractivity contribution is 5.93. The van der Waals surface area contributed by atoms with E-state index in [2.05, 4.69) is 5.32 Å². The van der Waals surface area contributed by atoms with Crippen LogP contribution in [0, 0.1) is 16.0 Å². The minimum absolute atomic E-state index is 0.0835. The van der Waals surface area contributed by atoms with Crippen LogP contribution in [0.5, 0.6) is 0 Å². The smallest absolute Gasteiger partial charge is 0.326 e. The summed E-state index contributed by atoms with van der Waals surface area (Å²) in [5, 5.41) is 12.9. The fourth-order valence-electron chi connectivity index (χ4n) is 1.91. The first kappa shape index (κ1) is 14.3. The first-order valence-electron chi connectivity index (χ1n) is 5.95. The molecular weight excluding hydrogens is 277 g/mol. The van der Waals surface area contributed by atoms with Gasteiger partial charge in [0.1, 0.15) is 5.56 Å². The van der Waals surface area contributed by atoms with E-state index in [4.69, 9.17) is 0 Å². The maximum absolute atomic E-state index is 12.7. The summed E-state index contributed by atoms with van der Waals surface area (Å²) in [5.41, 5.74) is -2.48. The Morgan fingerprint density at radius 3 is 2.45 bits per heavy atom. The number of nitrogens with one attached hydrogen (secondary N) is 1. The number of carbonyl (C=O) groups excluding carboxylic acids is 1. The summed E-state index contributed by atoms with van der Waals surface area (Å²) in [4.78, 5) is 21.1. The first-order valence-corrected chi connectivity index (χ1v) is 5.95. The van der Waals surface area contributed by atoms with Crippen LogP contribution in [0.25, 0.3) is 0 Å². The predicted octanol–water partition coefficient (Wildman–Crippen LogP) is 3.35. The maximum Gasteiger partial charge on any atom is 0.423 e. The molecule has 0 aromatic heterocycles. The molecule has 8 heteroatoms. The Morgan fingerprint density at radius 1 is 1.35 bits per heavy atom. The van der Waals surface area contributed by atoms with E-state index in [1.54, 1.807) is 0 Å². The van der Waals surface area contributed by atoms with Crippen LogP contribution in [-0.4, -0.2) is 10.8 Å². The molecule has 1 aliphatic rings. The van der Waals surface area contributed by atoms with Crippen LogP contribution in [0.4, 0.5) is 24.5 Å². The number of anilines is 1. The molecule has 0 spiro atoms. The summed E-state index contributed by atoms with van der Waals surface area (Å²) in [6.07, 6.45) is -2.50. The van der Waals surface area contributed by atoms with Crippen molar-refractivity contribution in [2.45, 2.75) is 25.4 Å². The van der Waals surface area contributed by atoms with Gasteiger partial charge in [-0.2, -0.15) is 13.2 Å². The lowest BCUT2D eigenvalue weighted by Gasteiger charge is -2.24. The molecule has 1 aromatic carbocycles. The zero-order valence-electron chi connectivity index (χ0n) is 10.2. The Labute approximate surface area is 111 Å². The van der Waals surface area contributed by atoms with E-state index in [9.17, 15) is 28.1 Å². The van der Waals surface area contributed by atoms with Gasteiger partial charge in [0.15, 0.2) is 0 Å². The van der Waals surface area contributed by atoms with E-state index in [0.29, 0.717) is 18.9 Å². The quantitative estimate of drug-likeness (QED) is 0.684. The lowest BCUT2D eigenvalue weighted by atomic mass is 9.85. The predicted molar refractivity (Wildman–Crippen MR) is 64.1 cm³/mol. The van der Waals surface area contributed by atoms with E-state index in [0.717, 1.165) is 18.6 Å². The fraction of sp³-hybridized carbons (Fsp3) is 0.417. The monoisotopic (exact) mass is 288 g/mol. The normalized spacial score (nSPS) is 15.6. The van der Waals surface area contributed by atoms with Gasteiger partial charge in [0.2, 0.25) is 5.91 Å².